The number of anilines is 2. The Kier molecular flexibility index (Phi) is 6.23. The summed E-state index contributed by atoms with van der Waals surface area (Å²) in [7, 11) is 0. The highest BCUT2D eigenvalue weighted by atomic mass is 19.1. The lowest BCUT2D eigenvalue weighted by Gasteiger charge is -2.27. The summed E-state index contributed by atoms with van der Waals surface area (Å²) in [6.45, 7) is 2.88. The molecular weight excluding hydrogens is 364 g/mol. The largest absolute Gasteiger partial charge is 0.374 e. The van der Waals surface area contributed by atoms with Crippen LogP contribution in [0.25, 0.3) is 0 Å². The number of hydrogen-bond acceptors (Lipinski definition) is 3. The molecule has 0 aliphatic carbocycles. The first-order valence-corrected chi connectivity index (χ1v) is 9.32. The molecule has 0 saturated carbocycles. The van der Waals surface area contributed by atoms with Gasteiger partial charge < -0.3 is 15.5 Å². The fourth-order valence-electron chi connectivity index (χ4n) is 3.17. The fraction of sp³-hybridized carbons (Fsp3) is 0.333. The van der Waals surface area contributed by atoms with Crippen molar-refractivity contribution in [1.82, 2.24) is 4.90 Å². The quantitative estimate of drug-likeness (QED) is 0.790. The van der Waals surface area contributed by atoms with Crippen LogP contribution < -0.4 is 10.6 Å². The molecular formula is C21H23F2N3O2. The van der Waals surface area contributed by atoms with Gasteiger partial charge in [0, 0.05) is 25.2 Å². The van der Waals surface area contributed by atoms with Gasteiger partial charge in [0.25, 0.3) is 0 Å². The van der Waals surface area contributed by atoms with Crippen LogP contribution in [-0.2, 0) is 16.1 Å². The average molecular weight is 387 g/mol. The number of para-hydroxylation sites is 1. The number of carbonyl (C=O) groups is 2. The third kappa shape index (κ3) is 4.85. The summed E-state index contributed by atoms with van der Waals surface area (Å²) in [5.41, 5.74) is 1.19. The zero-order chi connectivity index (χ0) is 20.1. The molecule has 2 N–H and O–H groups in total. The summed E-state index contributed by atoms with van der Waals surface area (Å²) in [6, 6.07) is 10.1. The van der Waals surface area contributed by atoms with Crippen LogP contribution >= 0.6 is 0 Å². The molecule has 0 aromatic heterocycles. The second-order valence-corrected chi connectivity index (χ2v) is 6.92. The normalized spacial score (nSPS) is 15.2. The highest BCUT2D eigenvalue weighted by molar-refractivity contribution is 5.96. The molecule has 5 nitrogen and oxygen atoms in total. The van der Waals surface area contributed by atoms with Crippen molar-refractivity contribution in [3.05, 3.63) is 59.7 Å². The van der Waals surface area contributed by atoms with E-state index in [1.54, 1.807) is 13.0 Å². The van der Waals surface area contributed by atoms with Gasteiger partial charge in [0.05, 0.1) is 0 Å². The number of benzene rings is 2. The molecule has 2 aromatic carbocycles. The Labute approximate surface area is 162 Å². The summed E-state index contributed by atoms with van der Waals surface area (Å²) in [4.78, 5) is 26.1. The average Bonchev–Trinajstić information content (AvgIpc) is 2.67. The summed E-state index contributed by atoms with van der Waals surface area (Å²) in [6.07, 6.45) is 2.53. The number of nitrogens with one attached hydrogen (secondary N) is 2. The van der Waals surface area contributed by atoms with E-state index in [4.69, 9.17) is 0 Å². The van der Waals surface area contributed by atoms with Crippen LogP contribution in [0, 0.1) is 11.6 Å². The predicted octanol–water partition coefficient (Wildman–Crippen LogP) is 3.92. The molecule has 1 heterocycles. The fourth-order valence-corrected chi connectivity index (χ4v) is 3.17. The Bertz CT molecular complexity index is 852. The molecule has 1 saturated heterocycles. The first kappa shape index (κ1) is 19.8. The van der Waals surface area contributed by atoms with Gasteiger partial charge in [-0.15, -0.1) is 0 Å². The van der Waals surface area contributed by atoms with Crippen molar-refractivity contribution in [2.75, 3.05) is 17.2 Å². The maximum Gasteiger partial charge on any atom is 0.246 e. The second-order valence-electron chi connectivity index (χ2n) is 6.92. The smallest absolute Gasteiger partial charge is 0.246 e. The molecule has 148 valence electrons. The van der Waals surface area contributed by atoms with Crippen molar-refractivity contribution in [3.63, 3.8) is 0 Å². The number of amides is 2. The topological polar surface area (TPSA) is 61.4 Å². The Morgan fingerprint density at radius 1 is 1.14 bits per heavy atom. The maximum absolute atomic E-state index is 13.7. The highest BCUT2D eigenvalue weighted by Gasteiger charge is 2.19. The number of piperidine rings is 1. The Balaban J connectivity index is 1.63. The van der Waals surface area contributed by atoms with Gasteiger partial charge in [-0.1, -0.05) is 18.2 Å². The van der Waals surface area contributed by atoms with Crippen LogP contribution in [0.5, 0.6) is 0 Å². The molecule has 2 aromatic rings. The van der Waals surface area contributed by atoms with Crippen LogP contribution in [0.15, 0.2) is 42.5 Å². The summed E-state index contributed by atoms with van der Waals surface area (Å²) in [5.74, 6) is -2.05. The summed E-state index contributed by atoms with van der Waals surface area (Å²) >= 11 is 0. The van der Waals surface area contributed by atoms with Gasteiger partial charge in [-0.05, 0) is 49.6 Å². The van der Waals surface area contributed by atoms with Crippen LogP contribution in [0.3, 0.4) is 0 Å². The Morgan fingerprint density at radius 3 is 2.57 bits per heavy atom. The van der Waals surface area contributed by atoms with E-state index < -0.39 is 29.3 Å². The number of rotatable bonds is 6. The van der Waals surface area contributed by atoms with E-state index in [0.717, 1.165) is 37.1 Å². The van der Waals surface area contributed by atoms with Crippen molar-refractivity contribution in [3.8, 4) is 0 Å². The molecule has 1 unspecified atom stereocenters. The van der Waals surface area contributed by atoms with Gasteiger partial charge in [-0.3, -0.25) is 9.59 Å². The number of hydrogen-bond donors (Lipinski definition) is 2. The maximum atomic E-state index is 13.7. The molecule has 3 rings (SSSR count). The molecule has 0 radical (unpaired) electrons. The lowest BCUT2D eigenvalue weighted by molar-refractivity contribution is -0.133. The van der Waals surface area contributed by atoms with Gasteiger partial charge in [-0.25, -0.2) is 8.78 Å². The number of carbonyl (C=O) groups excluding carboxylic acids is 2. The lowest BCUT2D eigenvalue weighted by Crippen LogP contribution is -2.34. The molecule has 1 fully saturated rings. The molecule has 7 heteroatoms. The van der Waals surface area contributed by atoms with Gasteiger partial charge in [0.1, 0.15) is 23.4 Å². The SMILES string of the molecule is CC(Nc1cccc(CN2CCCCC2=O)c1)C(=O)Nc1c(F)cccc1F. The van der Waals surface area contributed by atoms with Crippen LogP contribution in [-0.4, -0.2) is 29.3 Å². The molecule has 28 heavy (non-hydrogen) atoms. The minimum absolute atomic E-state index is 0.157. The van der Waals surface area contributed by atoms with Crippen LogP contribution in [0.4, 0.5) is 20.2 Å². The molecule has 1 aliphatic heterocycles. The van der Waals surface area contributed by atoms with E-state index in [0.29, 0.717) is 18.7 Å². The first-order valence-electron chi connectivity index (χ1n) is 9.32. The zero-order valence-electron chi connectivity index (χ0n) is 15.7. The summed E-state index contributed by atoms with van der Waals surface area (Å²) in [5, 5.41) is 5.31. The highest BCUT2D eigenvalue weighted by Crippen LogP contribution is 2.20. The van der Waals surface area contributed by atoms with Gasteiger partial charge in [0.2, 0.25) is 11.8 Å². The van der Waals surface area contributed by atoms with E-state index in [9.17, 15) is 18.4 Å². The van der Waals surface area contributed by atoms with Crippen LogP contribution in [0.1, 0.15) is 31.7 Å². The van der Waals surface area contributed by atoms with Crippen molar-refractivity contribution in [1.29, 1.82) is 0 Å². The molecule has 0 bridgehead atoms. The van der Waals surface area contributed by atoms with Crippen molar-refractivity contribution in [2.24, 2.45) is 0 Å². The lowest BCUT2D eigenvalue weighted by atomic mass is 10.1. The number of halogens is 2. The molecule has 1 aliphatic rings. The van der Waals surface area contributed by atoms with Crippen LogP contribution in [0.2, 0.25) is 0 Å². The standard InChI is InChI=1S/C21H23F2N3O2/c1-14(21(28)25-20-17(22)8-5-9-18(20)23)24-16-7-4-6-15(12-16)13-26-11-3-2-10-19(26)27/h4-9,12,14,24H,2-3,10-11,13H2,1H3,(H,25,28). The van der Waals surface area contributed by atoms with E-state index >= 15 is 0 Å². The van der Waals surface area contributed by atoms with E-state index in [2.05, 4.69) is 10.6 Å². The van der Waals surface area contributed by atoms with Gasteiger partial charge in [-0.2, -0.15) is 0 Å². The Morgan fingerprint density at radius 2 is 1.86 bits per heavy atom. The van der Waals surface area contributed by atoms with Crippen molar-refractivity contribution >= 4 is 23.2 Å². The molecule has 0 spiro atoms. The molecule has 1 atom stereocenters. The van der Waals surface area contributed by atoms with Gasteiger partial charge in [0.15, 0.2) is 0 Å². The van der Waals surface area contributed by atoms with Crippen molar-refractivity contribution in [2.45, 2.75) is 38.8 Å². The minimum atomic E-state index is -0.825. The third-order valence-electron chi connectivity index (χ3n) is 4.71. The third-order valence-corrected chi connectivity index (χ3v) is 4.71. The van der Waals surface area contributed by atoms with E-state index in [1.807, 2.05) is 23.1 Å². The molecule has 2 amide bonds. The monoisotopic (exact) mass is 387 g/mol. The second kappa shape index (κ2) is 8.82. The Hall–Kier alpha value is -2.96. The van der Waals surface area contributed by atoms with E-state index in [-0.39, 0.29) is 5.91 Å². The number of nitrogens with zero attached hydrogens (tertiary/aromatic N) is 1. The minimum Gasteiger partial charge on any atom is -0.374 e. The van der Waals surface area contributed by atoms with E-state index in [1.165, 1.54) is 6.07 Å². The first-order chi connectivity index (χ1) is 13.4. The summed E-state index contributed by atoms with van der Waals surface area (Å²) < 4.78 is 27.4. The van der Waals surface area contributed by atoms with Crippen molar-refractivity contribution < 1.29 is 18.4 Å². The zero-order valence-corrected chi connectivity index (χ0v) is 15.7. The van der Waals surface area contributed by atoms with Gasteiger partial charge >= 0.3 is 0 Å². The predicted molar refractivity (Wildman–Crippen MR) is 104 cm³/mol. The number of likely N-dealkylation sites (tertiary alicyclic amines) is 1.